The van der Waals surface area contributed by atoms with Gasteiger partial charge in [-0.25, -0.2) is 8.78 Å². The van der Waals surface area contributed by atoms with Gasteiger partial charge in [0.15, 0.2) is 11.6 Å². The minimum absolute atomic E-state index is 0.160. The molecule has 15 heavy (non-hydrogen) atoms. The molecule has 0 aliphatic heterocycles. The van der Waals surface area contributed by atoms with Crippen molar-refractivity contribution in [3.63, 3.8) is 0 Å². The van der Waals surface area contributed by atoms with E-state index in [1.807, 2.05) is 0 Å². The van der Waals surface area contributed by atoms with Crippen LogP contribution >= 0.6 is 11.6 Å². The summed E-state index contributed by atoms with van der Waals surface area (Å²) in [6.07, 6.45) is -5.08. The molecule has 0 atom stereocenters. The molecule has 0 saturated heterocycles. The molecule has 0 saturated carbocycles. The minimum Gasteiger partial charge on any atom is -0.276 e. The summed E-state index contributed by atoms with van der Waals surface area (Å²) >= 11 is 4.85. The van der Waals surface area contributed by atoms with Crippen molar-refractivity contribution >= 4 is 16.8 Å². The van der Waals surface area contributed by atoms with Crippen molar-refractivity contribution in [2.75, 3.05) is 0 Å². The summed E-state index contributed by atoms with van der Waals surface area (Å²) in [6.45, 7) is 0. The topological polar surface area (TPSA) is 17.1 Å². The average Bonchev–Trinajstić information content (AvgIpc) is 2.06. The van der Waals surface area contributed by atoms with Crippen LogP contribution in [0.15, 0.2) is 12.1 Å². The third-order valence-electron chi connectivity index (χ3n) is 1.56. The molecule has 0 aliphatic carbocycles. The molecule has 1 rings (SSSR count). The highest BCUT2D eigenvalue weighted by molar-refractivity contribution is 6.67. The third-order valence-corrected chi connectivity index (χ3v) is 1.78. The molecule has 0 bridgehead atoms. The number of carbonyl (C=O) groups excluding carboxylic acids is 1. The fourth-order valence-corrected chi connectivity index (χ4v) is 1.02. The first-order valence-corrected chi connectivity index (χ1v) is 3.87. The van der Waals surface area contributed by atoms with Crippen LogP contribution in [0.25, 0.3) is 0 Å². The largest absolute Gasteiger partial charge is 0.419 e. The van der Waals surface area contributed by atoms with Crippen LogP contribution in [0, 0.1) is 11.6 Å². The molecule has 0 aromatic heterocycles. The fraction of sp³-hybridized carbons (Fsp3) is 0.125. The summed E-state index contributed by atoms with van der Waals surface area (Å²) < 4.78 is 61.7. The summed E-state index contributed by atoms with van der Waals surface area (Å²) in [5.41, 5.74) is -2.60. The van der Waals surface area contributed by atoms with E-state index in [2.05, 4.69) is 0 Å². The number of hydrogen-bond donors (Lipinski definition) is 0. The van der Waals surface area contributed by atoms with Gasteiger partial charge < -0.3 is 0 Å². The van der Waals surface area contributed by atoms with E-state index in [0.717, 1.165) is 0 Å². The van der Waals surface area contributed by atoms with E-state index in [9.17, 15) is 26.7 Å². The van der Waals surface area contributed by atoms with Gasteiger partial charge in [-0.3, -0.25) is 4.79 Å². The van der Waals surface area contributed by atoms with Crippen LogP contribution in [-0.4, -0.2) is 5.24 Å². The van der Waals surface area contributed by atoms with Gasteiger partial charge in [0.25, 0.3) is 5.24 Å². The van der Waals surface area contributed by atoms with E-state index >= 15 is 0 Å². The van der Waals surface area contributed by atoms with Gasteiger partial charge in [-0.1, -0.05) is 0 Å². The third kappa shape index (κ3) is 2.44. The Morgan fingerprint density at radius 2 is 1.73 bits per heavy atom. The molecular formula is C8H2ClF5O. The second-order valence-electron chi connectivity index (χ2n) is 2.59. The van der Waals surface area contributed by atoms with Gasteiger partial charge in [0, 0.05) is 5.56 Å². The van der Waals surface area contributed by atoms with Gasteiger partial charge in [0.1, 0.15) is 0 Å². The quantitative estimate of drug-likeness (QED) is 0.547. The van der Waals surface area contributed by atoms with Gasteiger partial charge >= 0.3 is 6.18 Å². The smallest absolute Gasteiger partial charge is 0.276 e. The number of rotatable bonds is 1. The summed E-state index contributed by atoms with van der Waals surface area (Å²) in [5.74, 6) is -3.82. The predicted octanol–water partition coefficient (Wildman–Crippen LogP) is 3.36. The molecule has 0 radical (unpaired) electrons. The lowest BCUT2D eigenvalue weighted by Crippen LogP contribution is -2.11. The molecule has 1 aromatic carbocycles. The Kier molecular flexibility index (Phi) is 2.99. The van der Waals surface area contributed by atoms with Crippen LogP contribution in [0.3, 0.4) is 0 Å². The predicted molar refractivity (Wildman–Crippen MR) is 41.5 cm³/mol. The van der Waals surface area contributed by atoms with E-state index in [1.165, 1.54) is 0 Å². The zero-order valence-corrected chi connectivity index (χ0v) is 7.59. The molecule has 0 spiro atoms. The summed E-state index contributed by atoms with van der Waals surface area (Å²) in [4.78, 5) is 10.5. The van der Waals surface area contributed by atoms with Crippen molar-refractivity contribution in [3.8, 4) is 0 Å². The summed E-state index contributed by atoms with van der Waals surface area (Å²) in [7, 11) is 0. The lowest BCUT2D eigenvalue weighted by Gasteiger charge is -2.09. The van der Waals surface area contributed by atoms with Gasteiger partial charge in [-0.15, -0.1) is 0 Å². The van der Waals surface area contributed by atoms with Crippen LogP contribution in [0.1, 0.15) is 15.9 Å². The van der Waals surface area contributed by atoms with E-state index < -0.39 is 34.2 Å². The van der Waals surface area contributed by atoms with Crippen LogP contribution in [-0.2, 0) is 6.18 Å². The van der Waals surface area contributed by atoms with Crippen molar-refractivity contribution in [1.82, 2.24) is 0 Å². The Labute approximate surface area is 85.5 Å². The van der Waals surface area contributed by atoms with E-state index in [0.29, 0.717) is 6.07 Å². The zero-order valence-electron chi connectivity index (χ0n) is 6.83. The van der Waals surface area contributed by atoms with Crippen molar-refractivity contribution in [2.45, 2.75) is 6.18 Å². The second-order valence-corrected chi connectivity index (χ2v) is 2.93. The van der Waals surface area contributed by atoms with Crippen LogP contribution < -0.4 is 0 Å². The minimum atomic E-state index is -5.08. The maximum Gasteiger partial charge on any atom is 0.419 e. The maximum atomic E-state index is 12.7. The van der Waals surface area contributed by atoms with Gasteiger partial charge in [0.2, 0.25) is 0 Å². The first-order valence-electron chi connectivity index (χ1n) is 3.49. The highest BCUT2D eigenvalue weighted by Crippen LogP contribution is 2.33. The lowest BCUT2D eigenvalue weighted by molar-refractivity contribution is -0.140. The molecule has 0 aliphatic rings. The second kappa shape index (κ2) is 3.77. The van der Waals surface area contributed by atoms with Crippen molar-refractivity contribution in [2.24, 2.45) is 0 Å². The molecule has 7 heteroatoms. The van der Waals surface area contributed by atoms with Gasteiger partial charge in [-0.05, 0) is 23.7 Å². The standard InChI is InChI=1S/C8H2ClF5O/c9-7(15)3-1-4(8(12,13)14)6(11)5(10)2-3/h1-2H. The SMILES string of the molecule is O=C(Cl)c1cc(F)c(F)c(C(F)(F)F)c1. The molecular weight excluding hydrogens is 243 g/mol. The Balaban J connectivity index is 3.45. The van der Waals surface area contributed by atoms with E-state index in [-0.39, 0.29) is 6.07 Å². The Hall–Kier alpha value is -1.17. The molecule has 0 N–H and O–H groups in total. The number of halogens is 6. The molecule has 0 heterocycles. The zero-order chi connectivity index (χ0) is 11.8. The van der Waals surface area contributed by atoms with E-state index in [4.69, 9.17) is 11.6 Å². The number of alkyl halides is 3. The molecule has 1 nitrogen and oxygen atoms in total. The lowest BCUT2D eigenvalue weighted by atomic mass is 10.1. The Bertz CT molecular complexity index is 412. The molecule has 0 fully saturated rings. The molecule has 82 valence electrons. The fourth-order valence-electron chi connectivity index (χ4n) is 0.909. The van der Waals surface area contributed by atoms with Crippen LogP contribution in [0.5, 0.6) is 0 Å². The van der Waals surface area contributed by atoms with Crippen molar-refractivity contribution in [3.05, 3.63) is 34.9 Å². The number of hydrogen-bond acceptors (Lipinski definition) is 1. The first kappa shape index (κ1) is 11.9. The highest BCUT2D eigenvalue weighted by Gasteiger charge is 2.36. The molecule has 0 unspecified atom stereocenters. The monoisotopic (exact) mass is 244 g/mol. The Morgan fingerprint density at radius 3 is 2.13 bits per heavy atom. The summed E-state index contributed by atoms with van der Waals surface area (Å²) in [5, 5.41) is -1.29. The van der Waals surface area contributed by atoms with Crippen LogP contribution in [0.4, 0.5) is 22.0 Å². The van der Waals surface area contributed by atoms with Gasteiger partial charge in [0.05, 0.1) is 5.56 Å². The highest BCUT2D eigenvalue weighted by atomic mass is 35.5. The van der Waals surface area contributed by atoms with E-state index in [1.54, 1.807) is 0 Å². The first-order chi connectivity index (χ1) is 6.73. The molecule has 1 aromatic rings. The summed E-state index contributed by atoms with van der Waals surface area (Å²) in [6, 6.07) is 0.466. The number of carbonyl (C=O) groups is 1. The average molecular weight is 245 g/mol. The number of benzene rings is 1. The van der Waals surface area contributed by atoms with Gasteiger partial charge in [-0.2, -0.15) is 13.2 Å². The normalized spacial score (nSPS) is 11.6. The maximum absolute atomic E-state index is 12.7. The Morgan fingerprint density at radius 1 is 1.20 bits per heavy atom. The molecule has 0 amide bonds. The van der Waals surface area contributed by atoms with Crippen molar-refractivity contribution in [1.29, 1.82) is 0 Å². The van der Waals surface area contributed by atoms with Crippen molar-refractivity contribution < 1.29 is 26.7 Å². The van der Waals surface area contributed by atoms with Crippen LogP contribution in [0.2, 0.25) is 0 Å².